The van der Waals surface area contributed by atoms with Crippen molar-refractivity contribution in [2.45, 2.75) is 63.5 Å². The van der Waals surface area contributed by atoms with Crippen LogP contribution in [0.15, 0.2) is 0 Å². The van der Waals surface area contributed by atoms with Gasteiger partial charge in [-0.1, -0.05) is 20.8 Å². The van der Waals surface area contributed by atoms with Crippen molar-refractivity contribution in [2.75, 3.05) is 12.9 Å². The van der Waals surface area contributed by atoms with Gasteiger partial charge in [0.25, 0.3) is 0 Å². The third-order valence-corrected chi connectivity index (χ3v) is 8.99. The lowest BCUT2D eigenvalue weighted by molar-refractivity contribution is -0.00301. The molecule has 1 fully saturated rings. The maximum absolute atomic E-state index is 11.4. The van der Waals surface area contributed by atoms with Gasteiger partial charge in [0.05, 0.1) is 6.61 Å². The molecule has 0 aliphatic carbocycles. The van der Waals surface area contributed by atoms with E-state index in [0.717, 1.165) is 11.8 Å². The molecule has 0 aromatic carbocycles. The van der Waals surface area contributed by atoms with E-state index in [9.17, 15) is 4.79 Å². The van der Waals surface area contributed by atoms with E-state index >= 15 is 0 Å². The van der Waals surface area contributed by atoms with Crippen LogP contribution >= 0.6 is 11.8 Å². The minimum atomic E-state index is -1.84. The summed E-state index contributed by atoms with van der Waals surface area (Å²) >= 11 is 1.05. The highest BCUT2D eigenvalue weighted by atomic mass is 32.2. The minimum absolute atomic E-state index is 0.138. The number of hydrogen-bond acceptors (Lipinski definition) is 5. The maximum Gasteiger partial charge on any atom is 0.367 e. The first-order chi connectivity index (χ1) is 9.06. The highest BCUT2D eigenvalue weighted by Crippen LogP contribution is 2.37. The molecule has 1 saturated heterocycles. The van der Waals surface area contributed by atoms with Crippen molar-refractivity contribution in [3.05, 3.63) is 0 Å². The molecule has 0 aromatic heterocycles. The van der Waals surface area contributed by atoms with Crippen molar-refractivity contribution in [1.29, 1.82) is 0 Å². The predicted molar refractivity (Wildman–Crippen MR) is 86.0 cm³/mol. The smallest absolute Gasteiger partial charge is 0.367 e. The van der Waals surface area contributed by atoms with Crippen molar-refractivity contribution < 1.29 is 18.7 Å². The van der Waals surface area contributed by atoms with E-state index in [4.69, 9.17) is 21.7 Å². The van der Waals surface area contributed by atoms with Gasteiger partial charge in [-0.2, -0.15) is 0 Å². The summed E-state index contributed by atoms with van der Waals surface area (Å²) in [6, 6.07) is -0.386. The topological polar surface area (TPSA) is 44.8 Å². The molecule has 1 rings (SSSR count). The van der Waals surface area contributed by atoms with Crippen molar-refractivity contribution in [3.63, 3.8) is 0 Å². The van der Waals surface area contributed by atoms with E-state index < -0.39 is 8.32 Å². The normalized spacial score (nSPS) is 27.6. The summed E-state index contributed by atoms with van der Waals surface area (Å²) < 4.78 is 17.1. The Balaban J connectivity index is 2.59. The zero-order valence-corrected chi connectivity index (χ0v) is 15.1. The van der Waals surface area contributed by atoms with Crippen LogP contribution in [0.1, 0.15) is 27.2 Å². The molecule has 0 bridgehead atoms. The molecular weight excluding hydrogens is 291 g/mol. The molecule has 7 heteroatoms. The van der Waals surface area contributed by atoms with E-state index in [2.05, 4.69) is 33.9 Å². The Bertz CT molecular complexity index is 346. The van der Waals surface area contributed by atoms with Crippen molar-refractivity contribution >= 4 is 33.2 Å². The Labute approximate surface area is 128 Å². The zero-order chi connectivity index (χ0) is 15.6. The molecular formula is C13H25BO4SSi. The Morgan fingerprint density at radius 2 is 2.05 bits per heavy atom. The van der Waals surface area contributed by atoms with Crippen molar-refractivity contribution in [3.8, 4) is 0 Å². The van der Waals surface area contributed by atoms with E-state index in [-0.39, 0.29) is 28.6 Å². The highest BCUT2D eigenvalue weighted by molar-refractivity contribution is 8.12. The molecule has 0 aromatic rings. The van der Waals surface area contributed by atoms with Gasteiger partial charge in [0.1, 0.15) is 20.1 Å². The van der Waals surface area contributed by atoms with Crippen LogP contribution in [0.2, 0.25) is 18.1 Å². The standard InChI is InChI=1S/C13H25BO4SSi/c1-13(2,3)20(5,6)16-8-10-9(7-11(14)17-10)18-12(15)19-4/h9-11H,7-8H2,1-6H3/t9?,10-,11-/m1/s1. The molecule has 1 unspecified atom stereocenters. The monoisotopic (exact) mass is 316 g/mol. The lowest BCUT2D eigenvalue weighted by atomic mass is 9.96. The van der Waals surface area contributed by atoms with Crippen LogP contribution < -0.4 is 0 Å². The van der Waals surface area contributed by atoms with Crippen molar-refractivity contribution in [1.82, 2.24) is 0 Å². The molecule has 0 N–H and O–H groups in total. The lowest BCUT2D eigenvalue weighted by Gasteiger charge is -2.37. The first kappa shape index (κ1) is 18.1. The second-order valence-electron chi connectivity index (χ2n) is 6.63. The molecule has 20 heavy (non-hydrogen) atoms. The average molecular weight is 316 g/mol. The molecule has 1 aliphatic rings. The van der Waals surface area contributed by atoms with E-state index in [0.29, 0.717) is 13.0 Å². The summed E-state index contributed by atoms with van der Waals surface area (Å²) in [7, 11) is 3.95. The number of rotatable bonds is 4. The van der Waals surface area contributed by atoms with Gasteiger partial charge in [-0.25, -0.2) is 4.79 Å². The number of carbonyl (C=O) groups excluding carboxylic acids is 1. The van der Waals surface area contributed by atoms with Crippen LogP contribution in [0.3, 0.4) is 0 Å². The maximum atomic E-state index is 11.4. The van der Waals surface area contributed by atoms with Crippen LogP contribution in [0.5, 0.6) is 0 Å². The fourth-order valence-electron chi connectivity index (χ4n) is 1.70. The van der Waals surface area contributed by atoms with Crippen LogP contribution in [0, 0.1) is 0 Å². The summed E-state index contributed by atoms with van der Waals surface area (Å²) in [5, 5.41) is -0.163. The number of hydrogen-bond donors (Lipinski definition) is 0. The van der Waals surface area contributed by atoms with Gasteiger partial charge >= 0.3 is 5.30 Å². The number of carbonyl (C=O) groups is 1. The molecule has 0 amide bonds. The molecule has 114 valence electrons. The first-order valence-corrected chi connectivity index (χ1v) is 11.0. The van der Waals surface area contributed by atoms with Crippen LogP contribution in [0.4, 0.5) is 4.79 Å². The Morgan fingerprint density at radius 3 is 2.55 bits per heavy atom. The molecule has 0 saturated carbocycles. The quantitative estimate of drug-likeness (QED) is 0.589. The first-order valence-electron chi connectivity index (χ1n) is 6.86. The summed E-state index contributed by atoms with van der Waals surface area (Å²) in [6.07, 6.45) is 1.64. The van der Waals surface area contributed by atoms with E-state index in [1.165, 1.54) is 0 Å². The van der Waals surface area contributed by atoms with E-state index in [1.807, 2.05) is 0 Å². The summed E-state index contributed by atoms with van der Waals surface area (Å²) in [5.74, 6) is 0. The van der Waals surface area contributed by atoms with Crippen LogP contribution in [-0.2, 0) is 13.9 Å². The minimum Gasteiger partial charge on any atom is -0.451 e. The second kappa shape index (κ2) is 6.85. The summed E-state index contributed by atoms with van der Waals surface area (Å²) in [4.78, 5) is 11.4. The molecule has 1 aliphatic heterocycles. The fourth-order valence-corrected chi connectivity index (χ4v) is 2.93. The lowest BCUT2D eigenvalue weighted by Crippen LogP contribution is -2.44. The predicted octanol–water partition coefficient (Wildman–Crippen LogP) is 3.16. The summed E-state index contributed by atoms with van der Waals surface area (Å²) in [5.41, 5.74) is 0. The highest BCUT2D eigenvalue weighted by Gasteiger charge is 2.41. The third kappa shape index (κ3) is 4.79. The Morgan fingerprint density at radius 1 is 1.45 bits per heavy atom. The summed E-state index contributed by atoms with van der Waals surface area (Å²) in [6.45, 7) is 11.4. The van der Waals surface area contributed by atoms with Gasteiger partial charge in [-0.3, -0.25) is 0 Å². The largest absolute Gasteiger partial charge is 0.451 e. The zero-order valence-electron chi connectivity index (χ0n) is 13.3. The van der Waals surface area contributed by atoms with Gasteiger partial charge in [0.15, 0.2) is 8.32 Å². The molecule has 0 spiro atoms. The van der Waals surface area contributed by atoms with Crippen LogP contribution in [-0.4, -0.2) is 52.5 Å². The number of ether oxygens (including phenoxy) is 2. The molecule has 4 nitrogen and oxygen atoms in total. The Kier molecular flexibility index (Phi) is 6.19. The van der Waals surface area contributed by atoms with Crippen molar-refractivity contribution in [2.24, 2.45) is 0 Å². The van der Waals surface area contributed by atoms with Gasteiger partial charge < -0.3 is 13.9 Å². The fraction of sp³-hybridized carbons (Fsp3) is 0.923. The molecule has 2 radical (unpaired) electrons. The third-order valence-electron chi connectivity index (χ3n) is 4.06. The average Bonchev–Trinajstić information content (AvgIpc) is 2.65. The van der Waals surface area contributed by atoms with Gasteiger partial charge in [-0.15, -0.1) is 0 Å². The van der Waals surface area contributed by atoms with Crippen LogP contribution in [0.25, 0.3) is 0 Å². The van der Waals surface area contributed by atoms with Gasteiger partial charge in [-0.05, 0) is 36.1 Å². The second-order valence-corrected chi connectivity index (χ2v) is 12.2. The molecule has 1 heterocycles. The van der Waals surface area contributed by atoms with Gasteiger partial charge in [0, 0.05) is 12.4 Å². The van der Waals surface area contributed by atoms with E-state index in [1.54, 1.807) is 6.26 Å². The molecule has 3 atom stereocenters. The SMILES string of the molecule is [B][C@H]1CC(OC(=O)SC)[C@@H](CO[Si](C)(C)C(C)(C)C)O1. The van der Waals surface area contributed by atoms with Gasteiger partial charge in [0.2, 0.25) is 0 Å². The Hall–Kier alpha value is 0.0218. The number of thioether (sulfide) groups is 1.